The van der Waals surface area contributed by atoms with Crippen LogP contribution in [-0.4, -0.2) is 5.11 Å². The minimum Gasteiger partial charge on any atom is -0.392 e. The second-order valence-corrected chi connectivity index (χ2v) is 4.26. The lowest BCUT2D eigenvalue weighted by Crippen LogP contribution is -1.87. The van der Waals surface area contributed by atoms with E-state index in [0.717, 1.165) is 15.6 Å². The molecule has 0 atom stereocenters. The molecule has 1 aromatic heterocycles. The molecule has 0 radical (unpaired) electrons. The molecule has 4 heteroatoms. The maximum absolute atomic E-state index is 9.13. The molecule has 0 fully saturated rings. The summed E-state index contributed by atoms with van der Waals surface area (Å²) in [6.07, 6.45) is 0. The molecule has 70 valence electrons. The summed E-state index contributed by atoms with van der Waals surface area (Å²) < 4.78 is 0.974. The predicted octanol–water partition coefficient (Wildman–Crippen LogP) is 2.55. The molecule has 0 saturated heterocycles. The average molecular weight is 221 g/mol. The van der Waals surface area contributed by atoms with Crippen molar-refractivity contribution in [3.05, 3.63) is 28.6 Å². The van der Waals surface area contributed by atoms with Crippen LogP contribution in [0.4, 0.5) is 0 Å². The minimum absolute atomic E-state index is 0.0176. The molecule has 1 aromatic carbocycles. The Hall–Kier alpha value is -1.02. The van der Waals surface area contributed by atoms with Gasteiger partial charge in [-0.1, -0.05) is 0 Å². The van der Waals surface area contributed by atoms with E-state index in [0.29, 0.717) is 10.5 Å². The van der Waals surface area contributed by atoms with Crippen molar-refractivity contribution in [2.24, 2.45) is 0 Å². The van der Waals surface area contributed by atoms with E-state index in [1.54, 1.807) is 6.07 Å². The van der Waals surface area contributed by atoms with Crippen LogP contribution >= 0.6 is 24.0 Å². The largest absolute Gasteiger partial charge is 0.392 e. The summed E-state index contributed by atoms with van der Waals surface area (Å²) in [6.45, 7) is -0.0176. The van der Waals surface area contributed by atoms with Gasteiger partial charge >= 0.3 is 0 Å². The number of hydrogen-bond donors (Lipinski definition) is 2. The minimum atomic E-state index is -0.0176. The number of aliphatic hydroxyl groups excluding tert-OH is 1. The van der Waals surface area contributed by atoms with Crippen LogP contribution in [0, 0.1) is 11.3 Å². The third-order valence-electron chi connectivity index (χ3n) is 2.08. The molecule has 0 spiro atoms. The van der Waals surface area contributed by atoms with Gasteiger partial charge in [-0.2, -0.15) is 5.26 Å². The Morgan fingerprint density at radius 1 is 1.57 bits per heavy atom. The molecular formula is C10H7NOS2. The van der Waals surface area contributed by atoms with E-state index in [9.17, 15) is 0 Å². The van der Waals surface area contributed by atoms with Crippen LogP contribution in [-0.2, 0) is 6.61 Å². The van der Waals surface area contributed by atoms with Gasteiger partial charge in [-0.15, -0.1) is 24.0 Å². The van der Waals surface area contributed by atoms with Crippen LogP contribution in [0.25, 0.3) is 10.1 Å². The monoisotopic (exact) mass is 221 g/mol. The number of thiol groups is 1. The first-order valence-corrected chi connectivity index (χ1v) is 5.33. The summed E-state index contributed by atoms with van der Waals surface area (Å²) in [5, 5.41) is 20.9. The molecule has 1 heterocycles. The van der Waals surface area contributed by atoms with Crippen molar-refractivity contribution < 1.29 is 5.11 Å². The van der Waals surface area contributed by atoms with E-state index in [-0.39, 0.29) is 6.61 Å². The van der Waals surface area contributed by atoms with E-state index >= 15 is 0 Å². The standard InChI is InChI=1S/C10H7NOS2/c11-4-8-7-1-2-14-10(7)6(5-12)3-9(8)13/h1-3,12-13H,5H2. The number of benzene rings is 1. The molecule has 0 saturated carbocycles. The predicted molar refractivity (Wildman–Crippen MR) is 59.7 cm³/mol. The molecule has 1 N–H and O–H groups in total. The zero-order valence-corrected chi connectivity index (χ0v) is 8.90. The van der Waals surface area contributed by atoms with Gasteiger partial charge in [0.25, 0.3) is 0 Å². The number of fused-ring (bicyclic) bond motifs is 1. The Kier molecular flexibility index (Phi) is 2.46. The molecule has 0 bridgehead atoms. The van der Waals surface area contributed by atoms with E-state index in [1.165, 1.54) is 11.3 Å². The highest BCUT2D eigenvalue weighted by atomic mass is 32.1. The maximum atomic E-state index is 9.13. The first-order chi connectivity index (χ1) is 6.77. The van der Waals surface area contributed by atoms with Crippen LogP contribution in [0.5, 0.6) is 0 Å². The molecule has 0 aliphatic carbocycles. The highest BCUT2D eigenvalue weighted by molar-refractivity contribution is 7.80. The normalized spacial score (nSPS) is 10.4. The average Bonchev–Trinajstić information content (AvgIpc) is 2.65. The molecule has 0 aliphatic heterocycles. The molecule has 2 rings (SSSR count). The second-order valence-electron chi connectivity index (χ2n) is 2.86. The maximum Gasteiger partial charge on any atom is 0.101 e. The molecule has 0 amide bonds. The number of thiophene rings is 1. The summed E-state index contributed by atoms with van der Waals surface area (Å²) >= 11 is 5.76. The zero-order chi connectivity index (χ0) is 10.1. The third-order valence-corrected chi connectivity index (χ3v) is 3.42. The van der Waals surface area contributed by atoms with Crippen LogP contribution in [0.15, 0.2) is 22.4 Å². The summed E-state index contributed by atoms with van der Waals surface area (Å²) in [5.74, 6) is 0. The third kappa shape index (κ3) is 1.30. The Morgan fingerprint density at radius 3 is 3.00 bits per heavy atom. The fraction of sp³-hybridized carbons (Fsp3) is 0.100. The van der Waals surface area contributed by atoms with Crippen LogP contribution in [0.2, 0.25) is 0 Å². The number of aliphatic hydroxyl groups is 1. The first-order valence-electron chi connectivity index (χ1n) is 4.01. The smallest absolute Gasteiger partial charge is 0.101 e. The van der Waals surface area contributed by atoms with Gasteiger partial charge in [-0.3, -0.25) is 0 Å². The van der Waals surface area contributed by atoms with Crippen molar-refractivity contribution in [2.45, 2.75) is 11.5 Å². The summed E-state index contributed by atoms with van der Waals surface area (Å²) in [7, 11) is 0. The van der Waals surface area contributed by atoms with Crippen molar-refractivity contribution in [3.63, 3.8) is 0 Å². The number of nitriles is 1. The van der Waals surface area contributed by atoms with E-state index < -0.39 is 0 Å². The Labute approximate surface area is 90.8 Å². The van der Waals surface area contributed by atoms with Gasteiger partial charge in [0, 0.05) is 15.0 Å². The highest BCUT2D eigenvalue weighted by Gasteiger charge is 2.10. The van der Waals surface area contributed by atoms with Gasteiger partial charge in [0.1, 0.15) is 6.07 Å². The van der Waals surface area contributed by atoms with E-state index in [4.69, 9.17) is 10.4 Å². The van der Waals surface area contributed by atoms with Gasteiger partial charge in [-0.25, -0.2) is 0 Å². The number of hydrogen-bond acceptors (Lipinski definition) is 4. The van der Waals surface area contributed by atoms with Crippen molar-refractivity contribution in [1.82, 2.24) is 0 Å². The van der Waals surface area contributed by atoms with Gasteiger partial charge in [0.05, 0.1) is 12.2 Å². The highest BCUT2D eigenvalue weighted by Crippen LogP contribution is 2.31. The molecule has 2 aromatic rings. The second kappa shape index (κ2) is 3.62. The Bertz CT molecular complexity index is 525. The van der Waals surface area contributed by atoms with Crippen molar-refractivity contribution in [2.75, 3.05) is 0 Å². The fourth-order valence-corrected chi connectivity index (χ4v) is 2.67. The zero-order valence-electron chi connectivity index (χ0n) is 7.19. The topological polar surface area (TPSA) is 44.0 Å². The van der Waals surface area contributed by atoms with Gasteiger partial charge in [-0.05, 0) is 23.1 Å². The van der Waals surface area contributed by atoms with Crippen molar-refractivity contribution in [3.8, 4) is 6.07 Å². The summed E-state index contributed by atoms with van der Waals surface area (Å²) in [6, 6.07) is 5.76. The quantitative estimate of drug-likeness (QED) is 0.727. The molecule has 14 heavy (non-hydrogen) atoms. The number of nitrogens with zero attached hydrogens (tertiary/aromatic N) is 1. The lowest BCUT2D eigenvalue weighted by Gasteiger charge is -2.03. The number of rotatable bonds is 1. The summed E-state index contributed by atoms with van der Waals surface area (Å²) in [4.78, 5) is 0.627. The van der Waals surface area contributed by atoms with Crippen LogP contribution in [0.3, 0.4) is 0 Å². The van der Waals surface area contributed by atoms with Gasteiger partial charge in [0.2, 0.25) is 0 Å². The van der Waals surface area contributed by atoms with Crippen LogP contribution < -0.4 is 0 Å². The van der Waals surface area contributed by atoms with Gasteiger partial charge < -0.3 is 5.11 Å². The lowest BCUT2D eigenvalue weighted by atomic mass is 10.1. The van der Waals surface area contributed by atoms with E-state index in [1.807, 2.05) is 11.4 Å². The van der Waals surface area contributed by atoms with Crippen molar-refractivity contribution >= 4 is 34.1 Å². The Balaban J connectivity index is 2.90. The first kappa shape index (κ1) is 9.53. The van der Waals surface area contributed by atoms with E-state index in [2.05, 4.69) is 18.7 Å². The molecule has 2 nitrogen and oxygen atoms in total. The Morgan fingerprint density at radius 2 is 2.36 bits per heavy atom. The SMILES string of the molecule is N#Cc1c(S)cc(CO)c2sccc12. The van der Waals surface area contributed by atoms with Gasteiger partial charge in [0.15, 0.2) is 0 Å². The lowest BCUT2D eigenvalue weighted by molar-refractivity contribution is 0.283. The molecule has 0 aliphatic rings. The van der Waals surface area contributed by atoms with Crippen LogP contribution in [0.1, 0.15) is 11.1 Å². The fourth-order valence-electron chi connectivity index (χ4n) is 1.43. The summed E-state index contributed by atoms with van der Waals surface area (Å²) in [5.41, 5.74) is 1.42. The molecular weight excluding hydrogens is 214 g/mol. The molecule has 0 unspecified atom stereocenters. The van der Waals surface area contributed by atoms with Crippen molar-refractivity contribution in [1.29, 1.82) is 5.26 Å².